The number of alkyl carbamates (subject to hydrolysis) is 1. The predicted octanol–water partition coefficient (Wildman–Crippen LogP) is 3.07. The first-order chi connectivity index (χ1) is 9.65. The minimum atomic E-state index is -0.515. The normalized spacial score (nSPS) is 12.4. The Morgan fingerprint density at radius 1 is 1.29 bits per heavy atom. The molecular formula is C16H23NO4. The molecule has 0 fully saturated rings. The van der Waals surface area contributed by atoms with E-state index in [4.69, 9.17) is 9.47 Å². The van der Waals surface area contributed by atoms with Gasteiger partial charge in [0.05, 0.1) is 0 Å². The summed E-state index contributed by atoms with van der Waals surface area (Å²) in [4.78, 5) is 22.6. The molecule has 0 aliphatic rings. The summed E-state index contributed by atoms with van der Waals surface area (Å²) in [6.07, 6.45) is 0.181. The van der Waals surface area contributed by atoms with Crippen molar-refractivity contribution in [2.24, 2.45) is 0 Å². The summed E-state index contributed by atoms with van der Waals surface area (Å²) < 4.78 is 10.2. The molecule has 5 nitrogen and oxygen atoms in total. The highest BCUT2D eigenvalue weighted by Gasteiger charge is 2.17. The van der Waals surface area contributed by atoms with E-state index < -0.39 is 11.7 Å². The lowest BCUT2D eigenvalue weighted by atomic mass is 10.1. The lowest BCUT2D eigenvalue weighted by molar-refractivity contribution is -0.131. The van der Waals surface area contributed by atoms with Gasteiger partial charge in [-0.3, -0.25) is 4.79 Å². The molecule has 1 aromatic carbocycles. The fourth-order valence-corrected chi connectivity index (χ4v) is 1.82. The van der Waals surface area contributed by atoms with Crippen molar-refractivity contribution in [3.05, 3.63) is 29.8 Å². The number of rotatable bonds is 4. The molecule has 1 rings (SSSR count). The number of esters is 1. The Balaban J connectivity index is 2.56. The van der Waals surface area contributed by atoms with E-state index in [9.17, 15) is 9.59 Å². The number of hydrogen-bond acceptors (Lipinski definition) is 4. The molecular weight excluding hydrogens is 270 g/mol. The summed E-state index contributed by atoms with van der Waals surface area (Å²) in [6, 6.07) is 7.15. The van der Waals surface area contributed by atoms with Crippen molar-refractivity contribution in [3.63, 3.8) is 0 Å². The lowest BCUT2D eigenvalue weighted by Gasteiger charge is -2.22. The van der Waals surface area contributed by atoms with Gasteiger partial charge in [0, 0.05) is 13.0 Å². The molecule has 0 spiro atoms. The van der Waals surface area contributed by atoms with Gasteiger partial charge in [-0.05, 0) is 51.8 Å². The van der Waals surface area contributed by atoms with Crippen LogP contribution in [0.3, 0.4) is 0 Å². The topological polar surface area (TPSA) is 64.6 Å². The Kier molecular flexibility index (Phi) is 5.76. The molecule has 0 aliphatic heterocycles. The van der Waals surface area contributed by atoms with Crippen LogP contribution < -0.4 is 10.1 Å². The second kappa shape index (κ2) is 7.11. The molecule has 0 aliphatic carbocycles. The van der Waals surface area contributed by atoms with E-state index in [-0.39, 0.29) is 12.0 Å². The minimum Gasteiger partial charge on any atom is -0.444 e. The third kappa shape index (κ3) is 7.34. The predicted molar refractivity (Wildman–Crippen MR) is 80.3 cm³/mol. The van der Waals surface area contributed by atoms with Crippen LogP contribution in [0.5, 0.6) is 5.75 Å². The standard InChI is InChI=1S/C16H23NO4/c1-11(17-15(19)21-16(3,4)5)9-13-7-6-8-14(10-13)20-12(2)18/h6-8,10-11H,9H2,1-5H3,(H,17,19). The van der Waals surface area contributed by atoms with E-state index in [1.165, 1.54) is 6.92 Å². The van der Waals surface area contributed by atoms with Crippen LogP contribution in [-0.2, 0) is 16.0 Å². The second-order valence-corrected chi connectivity index (χ2v) is 5.99. The fourth-order valence-electron chi connectivity index (χ4n) is 1.82. The Morgan fingerprint density at radius 3 is 2.52 bits per heavy atom. The fraction of sp³-hybridized carbons (Fsp3) is 0.500. The van der Waals surface area contributed by atoms with Crippen LogP contribution in [0.2, 0.25) is 0 Å². The van der Waals surface area contributed by atoms with Crippen LogP contribution in [0.25, 0.3) is 0 Å². The van der Waals surface area contributed by atoms with Crippen LogP contribution in [0, 0.1) is 0 Å². The molecule has 0 bridgehead atoms. The number of hydrogen-bond donors (Lipinski definition) is 1. The number of nitrogens with one attached hydrogen (secondary N) is 1. The lowest BCUT2D eigenvalue weighted by Crippen LogP contribution is -2.38. The van der Waals surface area contributed by atoms with Crippen molar-refractivity contribution >= 4 is 12.1 Å². The summed E-state index contributed by atoms with van der Waals surface area (Å²) >= 11 is 0. The van der Waals surface area contributed by atoms with Gasteiger partial charge < -0.3 is 14.8 Å². The summed E-state index contributed by atoms with van der Waals surface area (Å²) in [5.41, 5.74) is 0.455. The SMILES string of the molecule is CC(=O)Oc1cccc(CC(C)NC(=O)OC(C)(C)C)c1. The van der Waals surface area contributed by atoms with Gasteiger partial charge in [-0.15, -0.1) is 0 Å². The zero-order valence-corrected chi connectivity index (χ0v) is 13.2. The van der Waals surface area contributed by atoms with Gasteiger partial charge in [-0.2, -0.15) is 0 Å². The molecule has 1 N–H and O–H groups in total. The number of amides is 1. The molecule has 1 amide bonds. The number of benzene rings is 1. The molecule has 5 heteroatoms. The zero-order valence-electron chi connectivity index (χ0n) is 13.2. The van der Waals surface area contributed by atoms with E-state index in [2.05, 4.69) is 5.32 Å². The summed E-state index contributed by atoms with van der Waals surface area (Å²) in [6.45, 7) is 8.71. The van der Waals surface area contributed by atoms with E-state index in [1.807, 2.05) is 39.8 Å². The Morgan fingerprint density at radius 2 is 1.95 bits per heavy atom. The Labute approximate surface area is 125 Å². The average Bonchev–Trinajstić information content (AvgIpc) is 2.24. The van der Waals surface area contributed by atoms with E-state index >= 15 is 0 Å². The first kappa shape index (κ1) is 17.0. The van der Waals surface area contributed by atoms with E-state index in [0.29, 0.717) is 12.2 Å². The highest BCUT2D eigenvalue weighted by atomic mass is 16.6. The third-order valence-corrected chi connectivity index (χ3v) is 2.47. The molecule has 1 unspecified atom stereocenters. The maximum absolute atomic E-state index is 11.7. The van der Waals surface area contributed by atoms with Gasteiger partial charge >= 0.3 is 12.1 Å². The first-order valence-electron chi connectivity index (χ1n) is 6.92. The number of carbonyl (C=O) groups is 2. The number of ether oxygens (including phenoxy) is 2. The van der Waals surface area contributed by atoms with Crippen molar-refractivity contribution in [2.75, 3.05) is 0 Å². The monoisotopic (exact) mass is 293 g/mol. The van der Waals surface area contributed by atoms with Crippen LogP contribution >= 0.6 is 0 Å². The molecule has 0 aromatic heterocycles. The molecule has 0 saturated carbocycles. The van der Waals surface area contributed by atoms with Crippen LogP contribution in [0.15, 0.2) is 24.3 Å². The Hall–Kier alpha value is -2.04. The summed E-state index contributed by atoms with van der Waals surface area (Å²) in [5.74, 6) is 0.150. The maximum atomic E-state index is 11.7. The smallest absolute Gasteiger partial charge is 0.407 e. The highest BCUT2D eigenvalue weighted by molar-refractivity contribution is 5.69. The molecule has 0 radical (unpaired) electrons. The van der Waals surface area contributed by atoms with Gasteiger partial charge in [0.2, 0.25) is 0 Å². The van der Waals surface area contributed by atoms with Crippen LogP contribution in [0.4, 0.5) is 4.79 Å². The van der Waals surface area contributed by atoms with Gasteiger partial charge in [0.1, 0.15) is 11.4 Å². The van der Waals surface area contributed by atoms with Crippen molar-refractivity contribution in [2.45, 2.75) is 52.7 Å². The van der Waals surface area contributed by atoms with Gasteiger partial charge in [0.15, 0.2) is 0 Å². The molecule has 21 heavy (non-hydrogen) atoms. The first-order valence-corrected chi connectivity index (χ1v) is 6.92. The zero-order chi connectivity index (χ0) is 16.0. The third-order valence-electron chi connectivity index (χ3n) is 2.47. The molecule has 0 heterocycles. The van der Waals surface area contributed by atoms with Gasteiger partial charge in [0.25, 0.3) is 0 Å². The van der Waals surface area contributed by atoms with Crippen molar-refractivity contribution in [1.29, 1.82) is 0 Å². The molecule has 1 atom stereocenters. The summed E-state index contributed by atoms with van der Waals surface area (Å²) in [7, 11) is 0. The molecule has 1 aromatic rings. The van der Waals surface area contributed by atoms with E-state index in [0.717, 1.165) is 5.56 Å². The maximum Gasteiger partial charge on any atom is 0.407 e. The van der Waals surface area contributed by atoms with E-state index in [1.54, 1.807) is 12.1 Å². The Bertz CT molecular complexity index is 505. The van der Waals surface area contributed by atoms with Crippen molar-refractivity contribution in [3.8, 4) is 5.75 Å². The molecule has 0 saturated heterocycles. The highest BCUT2D eigenvalue weighted by Crippen LogP contribution is 2.15. The number of carbonyl (C=O) groups excluding carboxylic acids is 2. The second-order valence-electron chi connectivity index (χ2n) is 5.99. The van der Waals surface area contributed by atoms with Crippen molar-refractivity contribution in [1.82, 2.24) is 5.32 Å². The van der Waals surface area contributed by atoms with Gasteiger partial charge in [-0.25, -0.2) is 4.79 Å². The molecule has 116 valence electrons. The largest absolute Gasteiger partial charge is 0.444 e. The van der Waals surface area contributed by atoms with Gasteiger partial charge in [-0.1, -0.05) is 12.1 Å². The minimum absolute atomic E-state index is 0.0903. The summed E-state index contributed by atoms with van der Waals surface area (Å²) in [5, 5.41) is 2.78. The van der Waals surface area contributed by atoms with Crippen LogP contribution in [0.1, 0.15) is 40.2 Å². The van der Waals surface area contributed by atoms with Crippen LogP contribution in [-0.4, -0.2) is 23.7 Å². The van der Waals surface area contributed by atoms with Crippen molar-refractivity contribution < 1.29 is 19.1 Å². The average molecular weight is 293 g/mol. The quantitative estimate of drug-likeness (QED) is 0.684.